The van der Waals surface area contributed by atoms with E-state index < -0.39 is 0 Å². The number of benzene rings is 1. The van der Waals surface area contributed by atoms with Gasteiger partial charge < -0.3 is 10.0 Å². The van der Waals surface area contributed by atoms with Crippen LogP contribution in [0.25, 0.3) is 0 Å². The van der Waals surface area contributed by atoms with Gasteiger partial charge in [0, 0.05) is 30.0 Å². The third kappa shape index (κ3) is 3.35. The van der Waals surface area contributed by atoms with Crippen LogP contribution in [0.2, 0.25) is 0 Å². The van der Waals surface area contributed by atoms with Crippen LogP contribution in [0, 0.1) is 0 Å². The van der Waals surface area contributed by atoms with Crippen LogP contribution in [0.4, 0.5) is 0 Å². The molecule has 0 aliphatic carbocycles. The second-order valence-electron chi connectivity index (χ2n) is 4.60. The summed E-state index contributed by atoms with van der Waals surface area (Å²) in [7, 11) is 1.81. The zero-order valence-electron chi connectivity index (χ0n) is 11.0. The highest BCUT2D eigenvalue weighted by Gasteiger charge is 2.18. The van der Waals surface area contributed by atoms with E-state index in [4.69, 9.17) is 0 Å². The fourth-order valence-corrected chi connectivity index (χ4v) is 2.69. The maximum atomic E-state index is 12.3. The molecular weight excluding hydrogens is 258 g/mol. The highest BCUT2D eigenvalue weighted by Crippen LogP contribution is 2.16. The molecular formula is C15H17NO2S. The van der Waals surface area contributed by atoms with Gasteiger partial charge in [0.15, 0.2) is 0 Å². The van der Waals surface area contributed by atoms with Crippen LogP contribution in [-0.2, 0) is 6.42 Å². The smallest absolute Gasteiger partial charge is 0.253 e. The van der Waals surface area contributed by atoms with E-state index in [0.717, 1.165) is 6.42 Å². The van der Waals surface area contributed by atoms with Gasteiger partial charge in [0.25, 0.3) is 5.91 Å². The van der Waals surface area contributed by atoms with Crippen molar-refractivity contribution in [3.63, 3.8) is 0 Å². The summed E-state index contributed by atoms with van der Waals surface area (Å²) >= 11 is 1.71. The first-order chi connectivity index (χ1) is 9.08. The van der Waals surface area contributed by atoms with E-state index in [9.17, 15) is 9.90 Å². The van der Waals surface area contributed by atoms with Crippen molar-refractivity contribution in [3.8, 4) is 5.75 Å². The number of carbonyl (C=O) groups is 1. The number of rotatable bonds is 4. The molecule has 0 aliphatic heterocycles. The molecule has 19 heavy (non-hydrogen) atoms. The highest BCUT2D eigenvalue weighted by atomic mass is 32.1. The van der Waals surface area contributed by atoms with Crippen molar-refractivity contribution < 1.29 is 9.90 Å². The van der Waals surface area contributed by atoms with Crippen LogP contribution in [0.5, 0.6) is 5.75 Å². The van der Waals surface area contributed by atoms with E-state index in [0.29, 0.717) is 5.56 Å². The number of hydrogen-bond acceptors (Lipinski definition) is 3. The van der Waals surface area contributed by atoms with Crippen molar-refractivity contribution in [2.45, 2.75) is 19.4 Å². The Morgan fingerprint density at radius 3 is 2.58 bits per heavy atom. The maximum absolute atomic E-state index is 12.3. The number of hydrogen-bond donors (Lipinski definition) is 1. The summed E-state index contributed by atoms with van der Waals surface area (Å²) in [5.74, 6) is 0.148. The lowest BCUT2D eigenvalue weighted by atomic mass is 10.1. The second kappa shape index (κ2) is 5.89. The van der Waals surface area contributed by atoms with Crippen molar-refractivity contribution in [1.82, 2.24) is 4.90 Å². The quantitative estimate of drug-likeness (QED) is 0.931. The van der Waals surface area contributed by atoms with Crippen molar-refractivity contribution in [2.75, 3.05) is 7.05 Å². The molecule has 100 valence electrons. The molecule has 2 aromatic rings. The summed E-state index contributed by atoms with van der Waals surface area (Å²) in [4.78, 5) is 15.3. The molecule has 3 nitrogen and oxygen atoms in total. The van der Waals surface area contributed by atoms with E-state index in [1.807, 2.05) is 25.4 Å². The number of thiophene rings is 1. The summed E-state index contributed by atoms with van der Waals surface area (Å²) < 4.78 is 0. The molecule has 1 heterocycles. The maximum Gasteiger partial charge on any atom is 0.253 e. The molecule has 0 bridgehead atoms. The fraction of sp³-hybridized carbons (Fsp3) is 0.267. The van der Waals surface area contributed by atoms with Crippen LogP contribution >= 0.6 is 11.3 Å². The standard InChI is InChI=1S/C15H17NO2S/c1-11(10-14-4-3-9-19-14)16(2)15(18)12-5-7-13(17)8-6-12/h3-9,11,17H,10H2,1-2H3. The summed E-state index contributed by atoms with van der Waals surface area (Å²) in [5, 5.41) is 11.3. The minimum atomic E-state index is -0.0240. The van der Waals surface area contributed by atoms with Gasteiger partial charge in [0.1, 0.15) is 5.75 Å². The largest absolute Gasteiger partial charge is 0.508 e. The van der Waals surface area contributed by atoms with E-state index in [2.05, 4.69) is 6.07 Å². The highest BCUT2D eigenvalue weighted by molar-refractivity contribution is 7.09. The average molecular weight is 275 g/mol. The monoisotopic (exact) mass is 275 g/mol. The molecule has 0 aliphatic rings. The Morgan fingerprint density at radius 1 is 1.32 bits per heavy atom. The third-order valence-corrected chi connectivity index (χ3v) is 4.07. The van der Waals surface area contributed by atoms with Gasteiger partial charge in [-0.1, -0.05) is 6.07 Å². The number of phenols is 1. The number of phenolic OH excluding ortho intramolecular Hbond substituents is 1. The first-order valence-electron chi connectivity index (χ1n) is 6.16. The predicted octanol–water partition coefficient (Wildman–Crippen LogP) is 3.16. The molecule has 1 unspecified atom stereocenters. The Hall–Kier alpha value is -1.81. The normalized spacial score (nSPS) is 12.1. The van der Waals surface area contributed by atoms with E-state index >= 15 is 0 Å². The van der Waals surface area contributed by atoms with Crippen LogP contribution in [0.3, 0.4) is 0 Å². The lowest BCUT2D eigenvalue weighted by molar-refractivity contribution is 0.0744. The van der Waals surface area contributed by atoms with E-state index in [1.54, 1.807) is 28.4 Å². The molecule has 1 aromatic carbocycles. The minimum absolute atomic E-state index is 0.0240. The first kappa shape index (κ1) is 13.6. The number of carbonyl (C=O) groups excluding carboxylic acids is 1. The van der Waals surface area contributed by atoms with E-state index in [-0.39, 0.29) is 17.7 Å². The van der Waals surface area contributed by atoms with Crippen LogP contribution in [-0.4, -0.2) is 29.0 Å². The SMILES string of the molecule is CC(Cc1cccs1)N(C)C(=O)c1ccc(O)cc1. The summed E-state index contributed by atoms with van der Waals surface area (Å²) in [6.07, 6.45) is 0.859. The zero-order chi connectivity index (χ0) is 13.8. The van der Waals surface area contributed by atoms with Gasteiger partial charge in [-0.15, -0.1) is 11.3 Å². The molecule has 0 spiro atoms. The summed E-state index contributed by atoms with van der Waals surface area (Å²) in [6, 6.07) is 10.6. The Bertz CT molecular complexity index is 534. The molecule has 2 rings (SSSR count). The average Bonchev–Trinajstić information content (AvgIpc) is 2.90. The van der Waals surface area contributed by atoms with Crippen molar-refractivity contribution in [2.24, 2.45) is 0 Å². The Balaban J connectivity index is 2.04. The molecule has 4 heteroatoms. The Morgan fingerprint density at radius 2 is 2.00 bits per heavy atom. The van der Waals surface area contributed by atoms with Gasteiger partial charge in [-0.25, -0.2) is 0 Å². The number of likely N-dealkylation sites (N-methyl/N-ethyl adjacent to an activating group) is 1. The molecule has 0 saturated carbocycles. The van der Waals surface area contributed by atoms with Gasteiger partial charge in [0.05, 0.1) is 0 Å². The molecule has 1 amide bonds. The number of aromatic hydroxyl groups is 1. The van der Waals surface area contributed by atoms with Crippen molar-refractivity contribution >= 4 is 17.2 Å². The molecule has 0 saturated heterocycles. The van der Waals surface area contributed by atoms with Gasteiger partial charge in [-0.05, 0) is 42.6 Å². The second-order valence-corrected chi connectivity index (χ2v) is 5.63. The Kier molecular flexibility index (Phi) is 4.22. The molecule has 0 radical (unpaired) electrons. The predicted molar refractivity (Wildman–Crippen MR) is 77.7 cm³/mol. The first-order valence-corrected chi connectivity index (χ1v) is 7.04. The topological polar surface area (TPSA) is 40.5 Å². The molecule has 1 N–H and O–H groups in total. The summed E-state index contributed by atoms with van der Waals surface area (Å²) in [5.41, 5.74) is 0.596. The van der Waals surface area contributed by atoms with Crippen LogP contribution in [0.15, 0.2) is 41.8 Å². The van der Waals surface area contributed by atoms with Gasteiger partial charge >= 0.3 is 0 Å². The number of amides is 1. The van der Waals surface area contributed by atoms with Gasteiger partial charge in [-0.3, -0.25) is 4.79 Å². The molecule has 0 fully saturated rings. The van der Waals surface area contributed by atoms with Gasteiger partial charge in [0.2, 0.25) is 0 Å². The zero-order valence-corrected chi connectivity index (χ0v) is 11.9. The molecule has 1 atom stereocenters. The lowest BCUT2D eigenvalue weighted by Crippen LogP contribution is -2.36. The van der Waals surface area contributed by atoms with Crippen molar-refractivity contribution in [1.29, 1.82) is 0 Å². The summed E-state index contributed by atoms with van der Waals surface area (Å²) in [6.45, 7) is 2.04. The third-order valence-electron chi connectivity index (χ3n) is 3.17. The fourth-order valence-electron chi connectivity index (χ4n) is 1.86. The van der Waals surface area contributed by atoms with Gasteiger partial charge in [-0.2, -0.15) is 0 Å². The van der Waals surface area contributed by atoms with Crippen LogP contribution < -0.4 is 0 Å². The van der Waals surface area contributed by atoms with Crippen LogP contribution in [0.1, 0.15) is 22.2 Å². The number of nitrogens with zero attached hydrogens (tertiary/aromatic N) is 1. The Labute approximate surface area is 117 Å². The van der Waals surface area contributed by atoms with Crippen molar-refractivity contribution in [3.05, 3.63) is 52.2 Å². The van der Waals surface area contributed by atoms with E-state index in [1.165, 1.54) is 17.0 Å². The lowest BCUT2D eigenvalue weighted by Gasteiger charge is -2.24. The minimum Gasteiger partial charge on any atom is -0.508 e. The molecule has 1 aromatic heterocycles.